The molecule has 2 aromatic rings. The maximum Gasteiger partial charge on any atom is 0.426 e. The van der Waals surface area contributed by atoms with Crippen molar-refractivity contribution in [1.82, 2.24) is 5.32 Å². The van der Waals surface area contributed by atoms with Gasteiger partial charge in [-0.1, -0.05) is 49.4 Å². The molecule has 0 radical (unpaired) electrons. The van der Waals surface area contributed by atoms with Crippen LogP contribution in [0.3, 0.4) is 0 Å². The molecule has 0 aromatic heterocycles. The molecule has 3 atom stereocenters. The van der Waals surface area contributed by atoms with Crippen LogP contribution in [0.5, 0.6) is 0 Å². The lowest BCUT2D eigenvalue weighted by Gasteiger charge is -2.42. The molecule has 1 saturated heterocycles. The molecule has 2 aromatic carbocycles. The third-order valence-electron chi connectivity index (χ3n) is 7.00. The van der Waals surface area contributed by atoms with E-state index in [0.717, 1.165) is 43.4 Å². The zero-order valence-electron chi connectivity index (χ0n) is 17.3. The second-order valence-electron chi connectivity index (χ2n) is 8.67. The maximum atomic E-state index is 14.5. The summed E-state index contributed by atoms with van der Waals surface area (Å²) < 4.78 is 54.2. The van der Waals surface area contributed by atoms with Crippen LogP contribution in [-0.2, 0) is 30.3 Å². The molecular formula is C24H28ClF4N. The Morgan fingerprint density at radius 3 is 2.33 bits per heavy atom. The summed E-state index contributed by atoms with van der Waals surface area (Å²) in [6.07, 6.45) is -0.628. The smallest absolute Gasteiger partial charge is 0.313 e. The van der Waals surface area contributed by atoms with Crippen molar-refractivity contribution < 1.29 is 17.6 Å². The minimum Gasteiger partial charge on any atom is -0.313 e. The van der Waals surface area contributed by atoms with Crippen molar-refractivity contribution in [2.75, 3.05) is 6.54 Å². The summed E-state index contributed by atoms with van der Waals surface area (Å²) in [5.74, 6) is 0. The van der Waals surface area contributed by atoms with E-state index in [0.29, 0.717) is 19.4 Å². The summed E-state index contributed by atoms with van der Waals surface area (Å²) in [7, 11) is 0. The van der Waals surface area contributed by atoms with E-state index >= 15 is 0 Å². The van der Waals surface area contributed by atoms with Crippen LogP contribution in [0.1, 0.15) is 54.5 Å². The molecule has 1 fully saturated rings. The molecule has 164 valence electrons. The molecule has 4 rings (SSSR count). The van der Waals surface area contributed by atoms with Crippen LogP contribution in [0.2, 0.25) is 0 Å². The molecule has 2 aliphatic rings. The second-order valence-corrected chi connectivity index (χ2v) is 8.67. The summed E-state index contributed by atoms with van der Waals surface area (Å²) in [6.45, 7) is 3.63. The van der Waals surface area contributed by atoms with Gasteiger partial charge in [-0.25, -0.2) is 4.39 Å². The van der Waals surface area contributed by atoms with Gasteiger partial charge in [-0.05, 0) is 73.4 Å². The first-order valence-corrected chi connectivity index (χ1v) is 10.4. The Morgan fingerprint density at radius 2 is 1.70 bits per heavy atom. The highest BCUT2D eigenvalue weighted by Gasteiger charge is 2.54. The topological polar surface area (TPSA) is 12.0 Å². The molecule has 0 saturated carbocycles. The predicted molar refractivity (Wildman–Crippen MR) is 114 cm³/mol. The largest absolute Gasteiger partial charge is 0.426 e. The monoisotopic (exact) mass is 441 g/mol. The summed E-state index contributed by atoms with van der Waals surface area (Å²) >= 11 is 0. The third-order valence-corrected chi connectivity index (χ3v) is 7.00. The zero-order chi connectivity index (χ0) is 20.9. The Labute approximate surface area is 181 Å². The summed E-state index contributed by atoms with van der Waals surface area (Å²) in [5, 5.41) is 3.60. The molecule has 0 amide bonds. The highest BCUT2D eigenvalue weighted by atomic mass is 35.5. The number of alkyl halides is 4. The van der Waals surface area contributed by atoms with Gasteiger partial charge in [0.1, 0.15) is 0 Å². The first-order chi connectivity index (χ1) is 13.7. The number of benzene rings is 2. The van der Waals surface area contributed by atoms with E-state index in [1.807, 2.05) is 0 Å². The lowest BCUT2D eigenvalue weighted by Crippen LogP contribution is -2.46. The number of hydrogen-bond donors (Lipinski definition) is 1. The highest BCUT2D eigenvalue weighted by molar-refractivity contribution is 5.85. The number of nitrogens with one attached hydrogen (secondary N) is 1. The minimum atomic E-state index is -4.92. The summed E-state index contributed by atoms with van der Waals surface area (Å²) in [4.78, 5) is 0. The molecule has 30 heavy (non-hydrogen) atoms. The molecule has 3 unspecified atom stereocenters. The van der Waals surface area contributed by atoms with Gasteiger partial charge in [0.15, 0.2) is 0 Å². The van der Waals surface area contributed by atoms with Gasteiger partial charge >= 0.3 is 6.18 Å². The van der Waals surface area contributed by atoms with Gasteiger partial charge < -0.3 is 5.32 Å². The predicted octanol–water partition coefficient (Wildman–Crippen LogP) is 6.21. The average molecular weight is 442 g/mol. The lowest BCUT2D eigenvalue weighted by molar-refractivity contribution is -0.228. The van der Waals surface area contributed by atoms with Crippen molar-refractivity contribution in [3.05, 3.63) is 70.3 Å². The number of aryl methyl sites for hydroxylation is 2. The van der Waals surface area contributed by atoms with E-state index in [-0.39, 0.29) is 23.4 Å². The minimum absolute atomic E-state index is 0. The van der Waals surface area contributed by atoms with Crippen molar-refractivity contribution in [2.45, 2.75) is 69.3 Å². The molecule has 1 heterocycles. The molecule has 0 bridgehead atoms. The Morgan fingerprint density at radius 1 is 1.03 bits per heavy atom. The fourth-order valence-electron chi connectivity index (χ4n) is 5.15. The third kappa shape index (κ3) is 3.75. The fourth-order valence-corrected chi connectivity index (χ4v) is 5.15. The normalized spacial score (nSPS) is 25.1. The maximum absolute atomic E-state index is 14.5. The fraction of sp³-hybridized carbons (Fsp3) is 0.500. The van der Waals surface area contributed by atoms with Crippen molar-refractivity contribution in [2.24, 2.45) is 0 Å². The average Bonchev–Trinajstić information content (AvgIpc) is 3.11. The van der Waals surface area contributed by atoms with Gasteiger partial charge in [0.2, 0.25) is 5.67 Å². The molecule has 1 aliphatic heterocycles. The van der Waals surface area contributed by atoms with E-state index in [1.54, 1.807) is 6.07 Å². The first-order valence-electron chi connectivity index (χ1n) is 10.4. The van der Waals surface area contributed by atoms with Gasteiger partial charge in [-0.3, -0.25) is 0 Å². The number of fused-ring (bicyclic) bond motifs is 3. The number of halogens is 5. The van der Waals surface area contributed by atoms with Crippen LogP contribution < -0.4 is 5.32 Å². The summed E-state index contributed by atoms with van der Waals surface area (Å²) in [5.41, 5.74) is 0.686. The number of hydrogen-bond acceptors (Lipinski definition) is 1. The molecule has 6 heteroatoms. The van der Waals surface area contributed by atoms with E-state index < -0.39 is 11.8 Å². The van der Waals surface area contributed by atoms with E-state index in [9.17, 15) is 17.6 Å². The Kier molecular flexibility index (Phi) is 6.28. The van der Waals surface area contributed by atoms with Crippen LogP contribution in [0, 0.1) is 0 Å². The van der Waals surface area contributed by atoms with Crippen LogP contribution in [-0.4, -0.2) is 18.8 Å². The quantitative estimate of drug-likeness (QED) is 0.556. The van der Waals surface area contributed by atoms with Gasteiger partial charge in [0, 0.05) is 11.5 Å². The van der Waals surface area contributed by atoms with Crippen molar-refractivity contribution in [3.63, 3.8) is 0 Å². The van der Waals surface area contributed by atoms with Gasteiger partial charge in [-0.2, -0.15) is 13.2 Å². The number of rotatable bonds is 4. The molecule has 1 aliphatic carbocycles. The Balaban J connectivity index is 0.00000256. The van der Waals surface area contributed by atoms with Crippen LogP contribution >= 0.6 is 12.4 Å². The molecule has 1 nitrogen and oxygen atoms in total. The zero-order valence-corrected chi connectivity index (χ0v) is 18.1. The first kappa shape index (κ1) is 23.1. The van der Waals surface area contributed by atoms with Crippen molar-refractivity contribution >= 4 is 12.4 Å². The van der Waals surface area contributed by atoms with E-state index in [4.69, 9.17) is 0 Å². The summed E-state index contributed by atoms with van der Waals surface area (Å²) in [6, 6.07) is 13.5. The molecular weight excluding hydrogens is 414 g/mol. The molecule has 0 spiro atoms. The van der Waals surface area contributed by atoms with E-state index in [1.165, 1.54) is 23.3 Å². The van der Waals surface area contributed by atoms with Gasteiger partial charge in [0.25, 0.3) is 0 Å². The van der Waals surface area contributed by atoms with Crippen LogP contribution in [0.4, 0.5) is 17.6 Å². The van der Waals surface area contributed by atoms with Crippen molar-refractivity contribution in [3.8, 4) is 0 Å². The van der Waals surface area contributed by atoms with Gasteiger partial charge in [0.05, 0.1) is 0 Å². The second kappa shape index (κ2) is 8.16. The molecule has 1 N–H and O–H groups in total. The lowest BCUT2D eigenvalue weighted by atomic mass is 9.63. The SMILES string of the molecule is CCc1ccc(CC23CCNC2CCc2cc(C(C)(F)C(F)(F)F)ccc23)cc1.Cl. The van der Waals surface area contributed by atoms with Crippen LogP contribution in [0.15, 0.2) is 42.5 Å². The Hall–Kier alpha value is -1.59. The van der Waals surface area contributed by atoms with Crippen molar-refractivity contribution in [1.29, 1.82) is 0 Å². The van der Waals surface area contributed by atoms with Gasteiger partial charge in [-0.15, -0.1) is 12.4 Å². The standard InChI is InChI=1S/C24H27F4N.ClH/c1-3-16-4-6-17(7-5-16)15-23-12-13-29-21(23)11-8-18-14-19(9-10-20(18)23)22(2,25)24(26,27)28;/h4-7,9-10,14,21,29H,3,8,11-13,15H2,1-2H3;1H. The van der Waals surface area contributed by atoms with E-state index in [2.05, 4.69) is 36.5 Å². The highest BCUT2D eigenvalue weighted by Crippen LogP contribution is 2.48. The van der Waals surface area contributed by atoms with Crippen LogP contribution in [0.25, 0.3) is 0 Å². The Bertz CT molecular complexity index is 891.